The number of nitrogens with zero attached hydrogens (tertiary/aromatic N) is 1. The van der Waals surface area contributed by atoms with Gasteiger partial charge in [0.25, 0.3) is 0 Å². The monoisotopic (exact) mass is 309 g/mol. The predicted molar refractivity (Wildman–Crippen MR) is 91.9 cm³/mol. The fourth-order valence-corrected chi connectivity index (χ4v) is 4.22. The van der Waals surface area contributed by atoms with Crippen LogP contribution in [0, 0.1) is 17.8 Å². The van der Waals surface area contributed by atoms with Crippen molar-refractivity contribution in [2.24, 2.45) is 17.8 Å². The molecule has 0 aromatic rings. The molecule has 2 saturated carbocycles. The molecule has 2 rings (SSSR count). The van der Waals surface area contributed by atoms with Gasteiger partial charge in [0.2, 0.25) is 0 Å². The van der Waals surface area contributed by atoms with Crippen molar-refractivity contribution < 1.29 is 4.79 Å². The summed E-state index contributed by atoms with van der Waals surface area (Å²) < 4.78 is 0. The van der Waals surface area contributed by atoms with Gasteiger partial charge in [0.05, 0.1) is 0 Å². The maximum Gasteiger partial charge on any atom is 0.315 e. The molecule has 2 bridgehead atoms. The Kier molecular flexibility index (Phi) is 6.54. The fourth-order valence-electron chi connectivity index (χ4n) is 4.22. The van der Waals surface area contributed by atoms with E-state index in [2.05, 4.69) is 43.4 Å². The normalized spacial score (nSPS) is 28.4. The number of hydrogen-bond donors (Lipinski definition) is 2. The number of nitrogens with one attached hydrogen (secondary N) is 2. The van der Waals surface area contributed by atoms with Gasteiger partial charge in [0, 0.05) is 18.6 Å². The average Bonchev–Trinajstić information content (AvgIpc) is 3.09. The summed E-state index contributed by atoms with van der Waals surface area (Å²) in [5.41, 5.74) is 0. The average molecular weight is 309 g/mol. The Morgan fingerprint density at radius 1 is 1.18 bits per heavy atom. The van der Waals surface area contributed by atoms with E-state index in [-0.39, 0.29) is 6.03 Å². The van der Waals surface area contributed by atoms with Gasteiger partial charge in [-0.1, -0.05) is 6.42 Å². The summed E-state index contributed by atoms with van der Waals surface area (Å²) in [6, 6.07) is 0.939. The number of fused-ring (bicyclic) bond motifs is 2. The molecular formula is C18H35N3O. The zero-order valence-corrected chi connectivity index (χ0v) is 14.9. The summed E-state index contributed by atoms with van der Waals surface area (Å²) in [6.45, 7) is 8.48. The molecule has 0 heterocycles. The Balaban J connectivity index is 1.54. The minimum Gasteiger partial charge on any atom is -0.338 e. The maximum atomic E-state index is 12.0. The van der Waals surface area contributed by atoms with E-state index in [4.69, 9.17) is 0 Å². The Labute approximate surface area is 136 Å². The van der Waals surface area contributed by atoms with Crippen LogP contribution in [-0.2, 0) is 0 Å². The third-order valence-electron chi connectivity index (χ3n) is 5.90. The van der Waals surface area contributed by atoms with Crippen molar-refractivity contribution in [3.63, 3.8) is 0 Å². The summed E-state index contributed by atoms with van der Waals surface area (Å²) in [5, 5.41) is 6.18. The lowest BCUT2D eigenvalue weighted by atomic mass is 9.84. The lowest BCUT2D eigenvalue weighted by Gasteiger charge is -2.28. The van der Waals surface area contributed by atoms with E-state index < -0.39 is 0 Å². The Morgan fingerprint density at radius 3 is 2.55 bits per heavy atom. The summed E-state index contributed by atoms with van der Waals surface area (Å²) in [4.78, 5) is 14.3. The lowest BCUT2D eigenvalue weighted by molar-refractivity contribution is 0.219. The zero-order chi connectivity index (χ0) is 16.1. The number of urea groups is 1. The molecule has 2 aliphatic rings. The number of rotatable bonds is 8. The van der Waals surface area contributed by atoms with Gasteiger partial charge in [-0.15, -0.1) is 0 Å². The Morgan fingerprint density at radius 2 is 1.95 bits per heavy atom. The molecule has 22 heavy (non-hydrogen) atoms. The number of carbonyl (C=O) groups excluding carboxylic acids is 1. The summed E-state index contributed by atoms with van der Waals surface area (Å²) in [6.07, 6.45) is 7.72. The molecule has 2 aliphatic carbocycles. The maximum absolute atomic E-state index is 12.0. The molecule has 0 radical (unpaired) electrons. The van der Waals surface area contributed by atoms with Crippen molar-refractivity contribution in [2.75, 3.05) is 20.1 Å². The Bertz CT molecular complexity index is 358. The predicted octanol–water partition coefficient (Wildman–Crippen LogP) is 3.23. The van der Waals surface area contributed by atoms with Crippen molar-refractivity contribution >= 4 is 6.03 Å². The second-order valence-corrected chi connectivity index (χ2v) is 7.81. The molecule has 4 heteroatoms. The molecule has 2 N–H and O–H groups in total. The minimum absolute atomic E-state index is 0.0208. The number of carbonyl (C=O) groups is 1. The largest absolute Gasteiger partial charge is 0.338 e. The van der Waals surface area contributed by atoms with Crippen LogP contribution in [0.2, 0.25) is 0 Å². The van der Waals surface area contributed by atoms with E-state index in [0.29, 0.717) is 18.0 Å². The lowest BCUT2D eigenvalue weighted by Crippen LogP contribution is -2.45. The van der Waals surface area contributed by atoms with Gasteiger partial charge in [-0.3, -0.25) is 0 Å². The van der Waals surface area contributed by atoms with Crippen LogP contribution in [0.3, 0.4) is 0 Å². The first-order valence-corrected chi connectivity index (χ1v) is 9.22. The highest BCUT2D eigenvalue weighted by Gasteiger charge is 2.42. The van der Waals surface area contributed by atoms with Crippen LogP contribution in [0.1, 0.15) is 59.3 Å². The summed E-state index contributed by atoms with van der Waals surface area (Å²) in [7, 11) is 2.15. The molecule has 4 nitrogen and oxygen atoms in total. The second-order valence-electron chi connectivity index (χ2n) is 7.81. The highest BCUT2D eigenvalue weighted by molar-refractivity contribution is 5.74. The highest BCUT2D eigenvalue weighted by atomic mass is 16.2. The van der Waals surface area contributed by atoms with Gasteiger partial charge in [0.15, 0.2) is 0 Å². The summed E-state index contributed by atoms with van der Waals surface area (Å²) >= 11 is 0. The van der Waals surface area contributed by atoms with Crippen LogP contribution in [0.25, 0.3) is 0 Å². The molecule has 0 saturated heterocycles. The van der Waals surface area contributed by atoms with Crippen LogP contribution in [0.4, 0.5) is 4.79 Å². The molecule has 2 amide bonds. The van der Waals surface area contributed by atoms with Crippen LogP contribution in [0.5, 0.6) is 0 Å². The minimum atomic E-state index is 0.0208. The van der Waals surface area contributed by atoms with Crippen LogP contribution < -0.4 is 10.6 Å². The quantitative estimate of drug-likeness (QED) is 0.676. The highest BCUT2D eigenvalue weighted by Crippen LogP contribution is 2.49. The first kappa shape index (κ1) is 17.6. The number of unbranched alkanes of at least 4 members (excludes halogenated alkanes) is 1. The van der Waals surface area contributed by atoms with Gasteiger partial charge >= 0.3 is 6.03 Å². The van der Waals surface area contributed by atoms with Gasteiger partial charge in [-0.25, -0.2) is 4.79 Å². The second kappa shape index (κ2) is 8.19. The van der Waals surface area contributed by atoms with Crippen LogP contribution in [0.15, 0.2) is 0 Å². The van der Waals surface area contributed by atoms with E-state index in [9.17, 15) is 4.79 Å². The van der Waals surface area contributed by atoms with Crippen molar-refractivity contribution in [3.05, 3.63) is 0 Å². The third kappa shape index (κ3) is 4.87. The molecule has 2 fully saturated rings. The van der Waals surface area contributed by atoms with Crippen LogP contribution >= 0.6 is 0 Å². The molecule has 0 spiro atoms. The van der Waals surface area contributed by atoms with Crippen molar-refractivity contribution in [2.45, 2.75) is 71.4 Å². The zero-order valence-electron chi connectivity index (χ0n) is 14.9. The Hall–Kier alpha value is -0.770. The van der Waals surface area contributed by atoms with E-state index in [1.54, 1.807) is 0 Å². The van der Waals surface area contributed by atoms with Gasteiger partial charge in [-0.05, 0) is 84.2 Å². The standard InChI is InChI=1S/C18H35N3O/c1-13(2)21(4)10-6-5-9-19-18(22)20-14(3)17-12-15-7-8-16(17)11-15/h13-17H,5-12H2,1-4H3,(H2,19,20,22). The molecule has 0 aromatic carbocycles. The van der Waals surface area contributed by atoms with Crippen LogP contribution in [-0.4, -0.2) is 43.2 Å². The third-order valence-corrected chi connectivity index (χ3v) is 5.90. The van der Waals surface area contributed by atoms with Crippen molar-refractivity contribution in [1.82, 2.24) is 15.5 Å². The van der Waals surface area contributed by atoms with Gasteiger partial charge in [0.1, 0.15) is 0 Å². The first-order valence-electron chi connectivity index (χ1n) is 9.22. The van der Waals surface area contributed by atoms with Gasteiger partial charge in [-0.2, -0.15) is 0 Å². The molecule has 4 unspecified atom stereocenters. The van der Waals surface area contributed by atoms with Crippen molar-refractivity contribution in [1.29, 1.82) is 0 Å². The van der Waals surface area contributed by atoms with E-state index in [1.807, 2.05) is 0 Å². The topological polar surface area (TPSA) is 44.4 Å². The van der Waals surface area contributed by atoms with E-state index >= 15 is 0 Å². The van der Waals surface area contributed by atoms with E-state index in [1.165, 1.54) is 25.7 Å². The first-order chi connectivity index (χ1) is 10.5. The fraction of sp³-hybridized carbons (Fsp3) is 0.944. The number of amides is 2. The summed E-state index contributed by atoms with van der Waals surface area (Å²) in [5.74, 6) is 2.52. The molecule has 128 valence electrons. The SMILES string of the molecule is CC(NC(=O)NCCCCN(C)C(C)C)C1CC2CCC1C2. The smallest absolute Gasteiger partial charge is 0.315 e. The molecule has 4 atom stereocenters. The van der Waals surface area contributed by atoms with Crippen molar-refractivity contribution in [3.8, 4) is 0 Å². The van der Waals surface area contributed by atoms with Gasteiger partial charge < -0.3 is 15.5 Å². The number of hydrogen-bond acceptors (Lipinski definition) is 2. The molecule has 0 aromatic heterocycles. The molecule has 0 aliphatic heterocycles. The molecular weight excluding hydrogens is 274 g/mol. The van der Waals surface area contributed by atoms with E-state index in [0.717, 1.165) is 37.8 Å².